The van der Waals surface area contributed by atoms with E-state index in [0.717, 1.165) is 24.9 Å². The summed E-state index contributed by atoms with van der Waals surface area (Å²) in [6.07, 6.45) is 2.15. The van der Waals surface area contributed by atoms with Gasteiger partial charge in [-0.15, -0.1) is 0 Å². The molecule has 20 heavy (non-hydrogen) atoms. The van der Waals surface area contributed by atoms with Gasteiger partial charge >= 0.3 is 0 Å². The van der Waals surface area contributed by atoms with Gasteiger partial charge in [-0.3, -0.25) is 0 Å². The van der Waals surface area contributed by atoms with E-state index in [0.29, 0.717) is 29.1 Å². The number of halogens is 1. The molecule has 3 rings (SSSR count). The molecule has 1 atom stereocenters. The zero-order valence-electron chi connectivity index (χ0n) is 11.2. The zero-order chi connectivity index (χ0) is 13.9. The fraction of sp³-hybridized carbons (Fsp3) is 0.429. The molecule has 0 spiro atoms. The summed E-state index contributed by atoms with van der Waals surface area (Å²) in [5.41, 5.74) is 0.757. The summed E-state index contributed by atoms with van der Waals surface area (Å²) in [6.45, 7) is 3.50. The third kappa shape index (κ3) is 2.64. The highest BCUT2D eigenvalue weighted by atomic mass is 35.5. The summed E-state index contributed by atoms with van der Waals surface area (Å²) in [4.78, 5) is 4.47. The predicted molar refractivity (Wildman–Crippen MR) is 75.9 cm³/mol. The Balaban J connectivity index is 1.93. The number of hydrogen-bond acceptors (Lipinski definition) is 5. The van der Waals surface area contributed by atoms with E-state index in [9.17, 15) is 0 Å². The molecule has 106 valence electrons. The Hall–Kier alpha value is -1.59. The smallest absolute Gasteiger partial charge is 0.244 e. The van der Waals surface area contributed by atoms with Crippen LogP contribution in [-0.2, 0) is 0 Å². The van der Waals surface area contributed by atoms with Crippen molar-refractivity contribution in [3.63, 3.8) is 0 Å². The molecular weight excluding hydrogens is 278 g/mol. The van der Waals surface area contributed by atoms with Gasteiger partial charge in [0, 0.05) is 5.02 Å². The van der Waals surface area contributed by atoms with Crippen LogP contribution in [0.1, 0.15) is 31.7 Å². The molecule has 0 bridgehead atoms. The van der Waals surface area contributed by atoms with Gasteiger partial charge in [-0.2, -0.15) is 4.98 Å². The van der Waals surface area contributed by atoms with Crippen molar-refractivity contribution in [1.82, 2.24) is 15.5 Å². The molecule has 0 radical (unpaired) electrons. The quantitative estimate of drug-likeness (QED) is 0.938. The fourth-order valence-corrected chi connectivity index (χ4v) is 2.51. The summed E-state index contributed by atoms with van der Waals surface area (Å²) >= 11 is 6.05. The first kappa shape index (κ1) is 13.4. The van der Waals surface area contributed by atoms with Crippen LogP contribution in [0.15, 0.2) is 22.7 Å². The normalized spacial score (nSPS) is 18.4. The highest BCUT2D eigenvalue weighted by molar-refractivity contribution is 6.30. The Morgan fingerprint density at radius 2 is 2.40 bits per heavy atom. The highest BCUT2D eigenvalue weighted by Gasteiger charge is 2.23. The van der Waals surface area contributed by atoms with Crippen molar-refractivity contribution in [3.05, 3.63) is 29.1 Å². The van der Waals surface area contributed by atoms with Gasteiger partial charge in [0.25, 0.3) is 0 Å². The topological polar surface area (TPSA) is 60.2 Å². The van der Waals surface area contributed by atoms with E-state index in [4.69, 9.17) is 20.9 Å². The van der Waals surface area contributed by atoms with Crippen molar-refractivity contribution in [3.8, 4) is 17.1 Å². The number of benzene rings is 1. The van der Waals surface area contributed by atoms with Gasteiger partial charge in [0.1, 0.15) is 5.75 Å². The van der Waals surface area contributed by atoms with Gasteiger partial charge in [0.15, 0.2) is 0 Å². The second-order valence-corrected chi connectivity index (χ2v) is 5.12. The molecular formula is C14H16ClN3O2. The zero-order valence-corrected chi connectivity index (χ0v) is 12.0. The van der Waals surface area contributed by atoms with E-state index < -0.39 is 0 Å². The minimum Gasteiger partial charge on any atom is -0.493 e. The summed E-state index contributed by atoms with van der Waals surface area (Å²) in [5, 5.41) is 8.00. The lowest BCUT2D eigenvalue weighted by atomic mass is 10.2. The van der Waals surface area contributed by atoms with Crippen LogP contribution in [0.25, 0.3) is 11.4 Å². The number of rotatable bonds is 4. The summed E-state index contributed by atoms with van der Waals surface area (Å²) in [7, 11) is 0. The van der Waals surface area contributed by atoms with Gasteiger partial charge in [0.2, 0.25) is 11.7 Å². The Morgan fingerprint density at radius 3 is 3.15 bits per heavy atom. The lowest BCUT2D eigenvalue weighted by molar-refractivity contribution is 0.338. The molecule has 0 amide bonds. The second-order valence-electron chi connectivity index (χ2n) is 4.68. The Morgan fingerprint density at radius 1 is 1.50 bits per heavy atom. The first-order chi connectivity index (χ1) is 9.78. The molecule has 2 heterocycles. The third-order valence-electron chi connectivity index (χ3n) is 3.28. The van der Waals surface area contributed by atoms with Crippen molar-refractivity contribution in [2.75, 3.05) is 13.2 Å². The predicted octanol–water partition coefficient (Wildman–Crippen LogP) is 3.21. The summed E-state index contributed by atoms with van der Waals surface area (Å²) in [6, 6.07) is 5.56. The maximum Gasteiger partial charge on any atom is 0.244 e. The van der Waals surface area contributed by atoms with Gasteiger partial charge < -0.3 is 14.6 Å². The van der Waals surface area contributed by atoms with E-state index in [1.54, 1.807) is 12.1 Å². The molecule has 1 saturated heterocycles. The molecule has 1 fully saturated rings. The Labute approximate surface area is 122 Å². The van der Waals surface area contributed by atoms with Gasteiger partial charge in [-0.25, -0.2) is 0 Å². The monoisotopic (exact) mass is 293 g/mol. The standard InChI is InChI=1S/C14H16ClN3O2/c1-2-19-12-6-5-9(15)8-10(12)13-17-14(20-18-13)11-4-3-7-16-11/h5-6,8,11,16H,2-4,7H2,1H3/t11-/m0/s1. The number of nitrogens with one attached hydrogen (secondary N) is 1. The van der Waals surface area contributed by atoms with E-state index >= 15 is 0 Å². The molecule has 6 heteroatoms. The van der Waals surface area contributed by atoms with Gasteiger partial charge in [-0.1, -0.05) is 16.8 Å². The molecule has 1 aromatic carbocycles. The van der Waals surface area contributed by atoms with Crippen LogP contribution in [-0.4, -0.2) is 23.3 Å². The number of nitrogens with zero attached hydrogens (tertiary/aromatic N) is 2. The van der Waals surface area contributed by atoms with Crippen molar-refractivity contribution < 1.29 is 9.26 Å². The lowest BCUT2D eigenvalue weighted by Crippen LogP contribution is -2.12. The maximum atomic E-state index is 6.05. The second kappa shape index (κ2) is 5.81. The molecule has 0 saturated carbocycles. The van der Waals surface area contributed by atoms with Crippen LogP contribution in [0.2, 0.25) is 5.02 Å². The van der Waals surface area contributed by atoms with Crippen LogP contribution < -0.4 is 10.1 Å². The molecule has 0 aliphatic carbocycles. The SMILES string of the molecule is CCOc1ccc(Cl)cc1-c1noc([C@@H]2CCCN2)n1. The maximum absolute atomic E-state index is 6.05. The molecule has 2 aromatic rings. The average Bonchev–Trinajstić information content (AvgIpc) is 3.11. The fourth-order valence-electron chi connectivity index (χ4n) is 2.34. The first-order valence-corrected chi connectivity index (χ1v) is 7.15. The van der Waals surface area contributed by atoms with Crippen molar-refractivity contribution in [2.24, 2.45) is 0 Å². The minimum atomic E-state index is 0.158. The van der Waals surface area contributed by atoms with Gasteiger partial charge in [0.05, 0.1) is 18.2 Å². The molecule has 1 aliphatic rings. The molecule has 1 aromatic heterocycles. The van der Waals surface area contributed by atoms with E-state index in [2.05, 4.69) is 15.5 Å². The van der Waals surface area contributed by atoms with Crippen LogP contribution in [0.3, 0.4) is 0 Å². The average molecular weight is 294 g/mol. The molecule has 0 unspecified atom stereocenters. The minimum absolute atomic E-state index is 0.158. The summed E-state index contributed by atoms with van der Waals surface area (Å²) in [5.74, 6) is 1.85. The molecule has 5 nitrogen and oxygen atoms in total. The van der Waals surface area contributed by atoms with Crippen molar-refractivity contribution in [1.29, 1.82) is 0 Å². The number of ether oxygens (including phenoxy) is 1. The van der Waals surface area contributed by atoms with E-state index in [-0.39, 0.29) is 6.04 Å². The van der Waals surface area contributed by atoms with E-state index in [1.165, 1.54) is 0 Å². The first-order valence-electron chi connectivity index (χ1n) is 6.77. The third-order valence-corrected chi connectivity index (χ3v) is 3.52. The number of hydrogen-bond donors (Lipinski definition) is 1. The summed E-state index contributed by atoms with van der Waals surface area (Å²) < 4.78 is 10.9. The van der Waals surface area contributed by atoms with Crippen molar-refractivity contribution >= 4 is 11.6 Å². The van der Waals surface area contributed by atoms with E-state index in [1.807, 2.05) is 13.0 Å². The highest BCUT2D eigenvalue weighted by Crippen LogP contribution is 2.32. The lowest BCUT2D eigenvalue weighted by Gasteiger charge is -2.07. The molecule has 1 N–H and O–H groups in total. The molecule has 1 aliphatic heterocycles. The largest absolute Gasteiger partial charge is 0.493 e. The Bertz CT molecular complexity index is 594. The van der Waals surface area contributed by atoms with Gasteiger partial charge in [-0.05, 0) is 44.5 Å². The van der Waals surface area contributed by atoms with Crippen LogP contribution in [0, 0.1) is 0 Å². The number of aromatic nitrogens is 2. The Kier molecular flexibility index (Phi) is 3.89. The van der Waals surface area contributed by atoms with Crippen LogP contribution >= 0.6 is 11.6 Å². The van der Waals surface area contributed by atoms with Crippen molar-refractivity contribution in [2.45, 2.75) is 25.8 Å². The van der Waals surface area contributed by atoms with Crippen LogP contribution in [0.4, 0.5) is 0 Å². The van der Waals surface area contributed by atoms with Crippen LogP contribution in [0.5, 0.6) is 5.75 Å².